The van der Waals surface area contributed by atoms with Gasteiger partial charge in [0.05, 0.1) is 22.1 Å². The van der Waals surface area contributed by atoms with Crippen molar-refractivity contribution in [2.75, 3.05) is 0 Å². The molecule has 0 saturated heterocycles. The molecule has 12 rings (SSSR count). The van der Waals surface area contributed by atoms with Crippen molar-refractivity contribution in [1.29, 1.82) is 0 Å². The van der Waals surface area contributed by atoms with Gasteiger partial charge in [-0.25, -0.2) is 0 Å². The highest BCUT2D eigenvalue weighted by atomic mass is 15.0. The van der Waals surface area contributed by atoms with Gasteiger partial charge < -0.3 is 9.13 Å². The van der Waals surface area contributed by atoms with Gasteiger partial charge in [0.25, 0.3) is 0 Å². The molecule has 0 spiro atoms. The summed E-state index contributed by atoms with van der Waals surface area (Å²) >= 11 is 0. The molecule has 1 aliphatic rings. The van der Waals surface area contributed by atoms with E-state index < -0.39 is 0 Å². The molecular formula is C59H42N2. The second-order valence-electron chi connectivity index (χ2n) is 17.0. The van der Waals surface area contributed by atoms with Crippen LogP contribution in [0.4, 0.5) is 0 Å². The number of fused-ring (bicyclic) bond motifs is 10. The van der Waals surface area contributed by atoms with Gasteiger partial charge in [-0.3, -0.25) is 0 Å². The lowest BCUT2D eigenvalue weighted by Gasteiger charge is -2.22. The lowest BCUT2D eigenvalue weighted by molar-refractivity contribution is 0.660. The molecule has 2 heterocycles. The van der Waals surface area contributed by atoms with Gasteiger partial charge >= 0.3 is 0 Å². The van der Waals surface area contributed by atoms with Gasteiger partial charge in [0.1, 0.15) is 0 Å². The molecule has 1 aliphatic carbocycles. The number of nitrogens with zero attached hydrogens (tertiary/aromatic N) is 2. The zero-order valence-corrected chi connectivity index (χ0v) is 34.2. The lowest BCUT2D eigenvalue weighted by Crippen LogP contribution is -2.15. The first kappa shape index (κ1) is 35.3. The topological polar surface area (TPSA) is 9.86 Å². The van der Waals surface area contributed by atoms with Crippen molar-refractivity contribution >= 4 is 78.7 Å². The summed E-state index contributed by atoms with van der Waals surface area (Å²) in [5.74, 6) is 0. The van der Waals surface area contributed by atoms with Gasteiger partial charge in [-0.15, -0.1) is 0 Å². The van der Waals surface area contributed by atoms with E-state index in [4.69, 9.17) is 0 Å². The van der Waals surface area contributed by atoms with E-state index in [-0.39, 0.29) is 5.41 Å². The van der Waals surface area contributed by atoms with E-state index in [2.05, 4.69) is 241 Å². The van der Waals surface area contributed by atoms with Gasteiger partial charge in [-0.1, -0.05) is 172 Å². The standard InChI is InChI=1S/C59H42N2/c1-59(2)53-36-41(22-20-39-26-32-57-51(34-39)49-16-8-10-18-55(49)60(57)45-14-4-3-5-15-45)24-30-47(53)48-31-25-42(37-54(48)59)23-21-40-27-33-58-52(35-40)50-17-9-11-19-56(50)61(58)46-29-28-43-12-6-7-13-44(43)38-46/h3-38H,1-2H3. The van der Waals surface area contributed by atoms with E-state index in [1.807, 2.05) is 0 Å². The lowest BCUT2D eigenvalue weighted by atomic mass is 9.81. The number of aromatic nitrogens is 2. The molecule has 0 bridgehead atoms. The van der Waals surface area contributed by atoms with E-state index in [9.17, 15) is 0 Å². The van der Waals surface area contributed by atoms with Crippen LogP contribution in [0.3, 0.4) is 0 Å². The quantitative estimate of drug-likeness (QED) is 0.149. The molecule has 2 nitrogen and oxygen atoms in total. The highest BCUT2D eigenvalue weighted by molar-refractivity contribution is 6.11. The van der Waals surface area contributed by atoms with Gasteiger partial charge in [0, 0.05) is 38.3 Å². The fourth-order valence-electron chi connectivity index (χ4n) is 10.0. The van der Waals surface area contributed by atoms with E-state index in [1.165, 1.54) is 110 Å². The number of para-hydroxylation sites is 3. The molecule has 288 valence electrons. The maximum absolute atomic E-state index is 2.40. The molecule has 61 heavy (non-hydrogen) atoms. The predicted octanol–water partition coefficient (Wildman–Crippen LogP) is 15.7. The third-order valence-electron chi connectivity index (χ3n) is 13.1. The van der Waals surface area contributed by atoms with Crippen LogP contribution in [0.2, 0.25) is 0 Å². The first-order valence-corrected chi connectivity index (χ1v) is 21.2. The van der Waals surface area contributed by atoms with E-state index in [0.29, 0.717) is 0 Å². The van der Waals surface area contributed by atoms with Crippen molar-refractivity contribution in [2.24, 2.45) is 0 Å². The van der Waals surface area contributed by atoms with E-state index in [0.717, 1.165) is 0 Å². The Kier molecular flexibility index (Phi) is 7.92. The summed E-state index contributed by atoms with van der Waals surface area (Å²) in [6.45, 7) is 4.74. The van der Waals surface area contributed by atoms with Gasteiger partial charge in [0.15, 0.2) is 0 Å². The van der Waals surface area contributed by atoms with Gasteiger partial charge in [-0.05, 0) is 116 Å². The largest absolute Gasteiger partial charge is 0.309 e. The Hall–Kier alpha value is -7.68. The summed E-state index contributed by atoms with van der Waals surface area (Å²) in [4.78, 5) is 0. The maximum atomic E-state index is 2.40. The molecule has 11 aromatic rings. The van der Waals surface area contributed by atoms with Crippen molar-refractivity contribution in [3.05, 3.63) is 228 Å². The number of benzene rings is 9. The van der Waals surface area contributed by atoms with Crippen LogP contribution in [-0.2, 0) is 5.41 Å². The highest BCUT2D eigenvalue weighted by Crippen LogP contribution is 2.49. The normalized spacial score (nSPS) is 13.4. The zero-order valence-electron chi connectivity index (χ0n) is 34.2. The molecule has 2 aromatic heterocycles. The minimum atomic E-state index is -0.125. The van der Waals surface area contributed by atoms with Gasteiger partial charge in [0.2, 0.25) is 0 Å². The third kappa shape index (κ3) is 5.71. The van der Waals surface area contributed by atoms with Crippen LogP contribution in [0.1, 0.15) is 47.2 Å². The first-order valence-electron chi connectivity index (χ1n) is 21.2. The van der Waals surface area contributed by atoms with Gasteiger partial charge in [-0.2, -0.15) is 0 Å². The van der Waals surface area contributed by atoms with Crippen molar-refractivity contribution in [2.45, 2.75) is 19.3 Å². The molecule has 0 atom stereocenters. The van der Waals surface area contributed by atoms with Crippen LogP contribution < -0.4 is 0 Å². The summed E-state index contributed by atoms with van der Waals surface area (Å²) < 4.78 is 4.77. The Labute approximate surface area is 355 Å². The molecule has 0 fully saturated rings. The average molecular weight is 779 g/mol. The molecule has 0 amide bonds. The molecule has 9 aromatic carbocycles. The summed E-state index contributed by atoms with van der Waals surface area (Å²) in [5, 5.41) is 7.56. The van der Waals surface area contributed by atoms with Crippen molar-refractivity contribution in [3.63, 3.8) is 0 Å². The first-order chi connectivity index (χ1) is 30.0. The Bertz CT molecular complexity index is 3610. The van der Waals surface area contributed by atoms with E-state index >= 15 is 0 Å². The SMILES string of the molecule is CC1(C)c2cc(C=Cc3ccc4c(c3)c3ccccc3n4-c3ccccc3)ccc2-c2ccc(C=Cc3ccc4c(c3)c3ccccc3n4-c3ccc4ccccc4c3)cc21. The second kappa shape index (κ2) is 13.7. The minimum absolute atomic E-state index is 0.125. The highest BCUT2D eigenvalue weighted by Gasteiger charge is 2.35. The number of hydrogen-bond donors (Lipinski definition) is 0. The number of hydrogen-bond acceptors (Lipinski definition) is 0. The molecule has 0 unspecified atom stereocenters. The fraction of sp³-hybridized carbons (Fsp3) is 0.0508. The Morgan fingerprint density at radius 3 is 1.34 bits per heavy atom. The summed E-state index contributed by atoms with van der Waals surface area (Å²) in [6, 6.07) is 71.1. The molecule has 2 heteroatoms. The van der Waals surface area contributed by atoms with Crippen LogP contribution in [0, 0.1) is 0 Å². The second-order valence-corrected chi connectivity index (χ2v) is 17.0. The average Bonchev–Trinajstić information content (AvgIpc) is 3.90. The van der Waals surface area contributed by atoms with E-state index in [1.54, 1.807) is 0 Å². The summed E-state index contributed by atoms with van der Waals surface area (Å²) in [5.41, 5.74) is 17.3. The Balaban J connectivity index is 0.833. The maximum Gasteiger partial charge on any atom is 0.0541 e. The van der Waals surface area contributed by atoms with Crippen LogP contribution in [0.25, 0.3) is 101 Å². The smallest absolute Gasteiger partial charge is 0.0541 e. The molecule has 0 radical (unpaired) electrons. The monoisotopic (exact) mass is 778 g/mol. The minimum Gasteiger partial charge on any atom is -0.309 e. The van der Waals surface area contributed by atoms with Crippen LogP contribution in [-0.4, -0.2) is 9.13 Å². The zero-order chi connectivity index (χ0) is 40.7. The Morgan fingerprint density at radius 1 is 0.328 bits per heavy atom. The van der Waals surface area contributed by atoms with Crippen molar-refractivity contribution in [1.82, 2.24) is 9.13 Å². The van der Waals surface area contributed by atoms with Crippen LogP contribution >= 0.6 is 0 Å². The Morgan fingerprint density at radius 2 is 0.770 bits per heavy atom. The molecule has 0 aliphatic heterocycles. The van der Waals surface area contributed by atoms with Crippen LogP contribution in [0.5, 0.6) is 0 Å². The fourth-order valence-corrected chi connectivity index (χ4v) is 10.0. The molecule has 0 N–H and O–H groups in total. The number of rotatable bonds is 6. The van der Waals surface area contributed by atoms with Crippen molar-refractivity contribution in [3.8, 4) is 22.5 Å². The molecular weight excluding hydrogens is 737 g/mol. The molecule has 0 saturated carbocycles. The summed E-state index contributed by atoms with van der Waals surface area (Å²) in [7, 11) is 0. The predicted molar refractivity (Wildman–Crippen MR) is 261 cm³/mol. The van der Waals surface area contributed by atoms with Crippen LogP contribution in [0.15, 0.2) is 194 Å². The summed E-state index contributed by atoms with van der Waals surface area (Å²) in [6.07, 6.45) is 9.05. The van der Waals surface area contributed by atoms with Crippen molar-refractivity contribution < 1.29 is 0 Å². The third-order valence-corrected chi connectivity index (χ3v) is 13.1.